The van der Waals surface area contributed by atoms with Gasteiger partial charge in [-0.05, 0) is 13.8 Å². The van der Waals surface area contributed by atoms with Crippen LogP contribution in [0, 0.1) is 0 Å². The van der Waals surface area contributed by atoms with Crippen molar-refractivity contribution < 1.29 is 4.79 Å². The third-order valence-corrected chi connectivity index (χ3v) is 2.99. The molecule has 1 heterocycles. The highest BCUT2D eigenvalue weighted by Crippen LogP contribution is 2.18. The van der Waals surface area contributed by atoms with E-state index in [1.54, 1.807) is 11.9 Å². The molecule has 1 amide bonds. The van der Waals surface area contributed by atoms with E-state index in [4.69, 9.17) is 11.6 Å². The summed E-state index contributed by atoms with van der Waals surface area (Å²) in [6.07, 6.45) is 1.94. The average Bonchev–Trinajstić information content (AvgIpc) is 2.42. The van der Waals surface area contributed by atoms with Crippen molar-refractivity contribution in [3.63, 3.8) is 0 Å². The molecule has 6 nitrogen and oxygen atoms in total. The standard InChI is InChI=1S/C12H20ClN5O/c1-4-18(5-2)10(19)6-7-15-11-9(13)8-16-12(14-3)17-11/h8H,4-7H2,1-3H3,(H2,14,15,16,17). The Morgan fingerprint density at radius 3 is 2.68 bits per heavy atom. The minimum Gasteiger partial charge on any atom is -0.368 e. The number of hydrogen-bond donors (Lipinski definition) is 2. The summed E-state index contributed by atoms with van der Waals surface area (Å²) < 4.78 is 0. The Balaban J connectivity index is 2.51. The Morgan fingerprint density at radius 2 is 2.11 bits per heavy atom. The largest absolute Gasteiger partial charge is 0.368 e. The first-order valence-electron chi connectivity index (χ1n) is 6.34. The number of rotatable bonds is 7. The van der Waals surface area contributed by atoms with Crippen molar-refractivity contribution in [1.82, 2.24) is 14.9 Å². The molecule has 1 rings (SSSR count). The summed E-state index contributed by atoms with van der Waals surface area (Å²) in [7, 11) is 1.73. The molecule has 0 unspecified atom stereocenters. The second kappa shape index (κ2) is 7.78. The van der Waals surface area contributed by atoms with E-state index >= 15 is 0 Å². The first-order chi connectivity index (χ1) is 9.12. The van der Waals surface area contributed by atoms with Gasteiger partial charge in [0.1, 0.15) is 10.8 Å². The van der Waals surface area contributed by atoms with Crippen LogP contribution in [-0.2, 0) is 4.79 Å². The van der Waals surface area contributed by atoms with Crippen molar-refractivity contribution in [2.24, 2.45) is 0 Å². The van der Waals surface area contributed by atoms with Crippen LogP contribution >= 0.6 is 11.6 Å². The van der Waals surface area contributed by atoms with Crippen molar-refractivity contribution in [3.8, 4) is 0 Å². The molecule has 1 aromatic heterocycles. The molecule has 0 aromatic carbocycles. The maximum atomic E-state index is 11.8. The number of halogens is 1. The Labute approximate surface area is 118 Å². The van der Waals surface area contributed by atoms with Crippen LogP contribution in [0.4, 0.5) is 11.8 Å². The van der Waals surface area contributed by atoms with Gasteiger partial charge in [0, 0.05) is 33.1 Å². The van der Waals surface area contributed by atoms with Crippen molar-refractivity contribution >= 4 is 29.3 Å². The summed E-state index contributed by atoms with van der Waals surface area (Å²) in [5.41, 5.74) is 0. The monoisotopic (exact) mass is 285 g/mol. The van der Waals surface area contributed by atoms with Crippen molar-refractivity contribution in [2.75, 3.05) is 37.3 Å². The third kappa shape index (κ3) is 4.55. The number of hydrogen-bond acceptors (Lipinski definition) is 5. The van der Waals surface area contributed by atoms with Gasteiger partial charge in [-0.15, -0.1) is 0 Å². The van der Waals surface area contributed by atoms with Crippen LogP contribution in [-0.4, -0.2) is 47.5 Å². The summed E-state index contributed by atoms with van der Waals surface area (Å²) in [4.78, 5) is 21.8. The maximum Gasteiger partial charge on any atom is 0.224 e. The Morgan fingerprint density at radius 1 is 1.42 bits per heavy atom. The van der Waals surface area contributed by atoms with Gasteiger partial charge in [0.15, 0.2) is 0 Å². The number of nitrogens with zero attached hydrogens (tertiary/aromatic N) is 3. The van der Waals surface area contributed by atoms with Crippen LogP contribution in [0.2, 0.25) is 5.02 Å². The molecule has 0 aliphatic heterocycles. The zero-order chi connectivity index (χ0) is 14.3. The number of carbonyl (C=O) groups is 1. The zero-order valence-electron chi connectivity index (χ0n) is 11.5. The SMILES string of the molecule is CCN(CC)C(=O)CCNc1nc(NC)ncc1Cl. The predicted octanol–water partition coefficient (Wildman–Crippen LogP) is 1.84. The molecule has 0 saturated heterocycles. The van der Waals surface area contributed by atoms with Crippen LogP contribution < -0.4 is 10.6 Å². The molecule has 0 spiro atoms. The fraction of sp³-hybridized carbons (Fsp3) is 0.583. The lowest BCUT2D eigenvalue weighted by Crippen LogP contribution is -2.31. The van der Waals surface area contributed by atoms with Gasteiger partial charge in [0.2, 0.25) is 11.9 Å². The van der Waals surface area contributed by atoms with Gasteiger partial charge in [-0.25, -0.2) is 4.98 Å². The highest BCUT2D eigenvalue weighted by molar-refractivity contribution is 6.32. The van der Waals surface area contributed by atoms with E-state index in [1.165, 1.54) is 6.20 Å². The van der Waals surface area contributed by atoms with Gasteiger partial charge in [-0.2, -0.15) is 4.98 Å². The Hall–Kier alpha value is -1.56. The molecule has 0 aliphatic rings. The molecule has 106 valence electrons. The molecular formula is C12H20ClN5O. The van der Waals surface area contributed by atoms with Crippen molar-refractivity contribution in [3.05, 3.63) is 11.2 Å². The van der Waals surface area contributed by atoms with Crippen LogP contribution in [0.1, 0.15) is 20.3 Å². The molecule has 0 atom stereocenters. The number of carbonyl (C=O) groups excluding carboxylic acids is 1. The summed E-state index contributed by atoms with van der Waals surface area (Å²) in [5.74, 6) is 1.15. The number of amides is 1. The van der Waals surface area contributed by atoms with Crippen LogP contribution in [0.15, 0.2) is 6.20 Å². The second-order valence-electron chi connectivity index (χ2n) is 3.88. The molecule has 2 N–H and O–H groups in total. The molecule has 0 bridgehead atoms. The lowest BCUT2D eigenvalue weighted by Gasteiger charge is -2.18. The molecule has 0 aliphatic carbocycles. The minimum absolute atomic E-state index is 0.122. The van der Waals surface area contributed by atoms with E-state index in [2.05, 4.69) is 20.6 Å². The lowest BCUT2D eigenvalue weighted by atomic mass is 10.3. The average molecular weight is 286 g/mol. The van der Waals surface area contributed by atoms with Crippen molar-refractivity contribution in [1.29, 1.82) is 0 Å². The highest BCUT2D eigenvalue weighted by atomic mass is 35.5. The molecule has 0 fully saturated rings. The van der Waals surface area contributed by atoms with Gasteiger partial charge < -0.3 is 15.5 Å². The molecule has 7 heteroatoms. The van der Waals surface area contributed by atoms with E-state index in [9.17, 15) is 4.79 Å². The molecular weight excluding hydrogens is 266 g/mol. The summed E-state index contributed by atoms with van der Waals surface area (Å²) in [6, 6.07) is 0. The van der Waals surface area contributed by atoms with E-state index < -0.39 is 0 Å². The zero-order valence-corrected chi connectivity index (χ0v) is 12.3. The first kappa shape index (κ1) is 15.5. The van der Waals surface area contributed by atoms with Crippen LogP contribution in [0.5, 0.6) is 0 Å². The molecule has 1 aromatic rings. The van der Waals surface area contributed by atoms with E-state index in [-0.39, 0.29) is 5.91 Å². The van der Waals surface area contributed by atoms with Gasteiger partial charge in [0.25, 0.3) is 0 Å². The van der Waals surface area contributed by atoms with Gasteiger partial charge in [-0.3, -0.25) is 4.79 Å². The second-order valence-corrected chi connectivity index (χ2v) is 4.29. The van der Waals surface area contributed by atoms with Crippen molar-refractivity contribution in [2.45, 2.75) is 20.3 Å². The number of anilines is 2. The fourth-order valence-corrected chi connectivity index (χ4v) is 1.79. The van der Waals surface area contributed by atoms with Gasteiger partial charge in [0.05, 0.1) is 6.20 Å². The Bertz CT molecular complexity index is 423. The summed E-state index contributed by atoms with van der Waals surface area (Å²) in [5, 5.41) is 6.32. The summed E-state index contributed by atoms with van der Waals surface area (Å²) in [6.45, 7) is 5.89. The number of aromatic nitrogens is 2. The fourth-order valence-electron chi connectivity index (χ4n) is 1.63. The summed E-state index contributed by atoms with van der Waals surface area (Å²) >= 11 is 5.97. The predicted molar refractivity (Wildman–Crippen MR) is 77.6 cm³/mol. The van der Waals surface area contributed by atoms with Gasteiger partial charge >= 0.3 is 0 Å². The van der Waals surface area contributed by atoms with Crippen LogP contribution in [0.25, 0.3) is 0 Å². The molecule has 19 heavy (non-hydrogen) atoms. The maximum absolute atomic E-state index is 11.8. The quantitative estimate of drug-likeness (QED) is 0.800. The minimum atomic E-state index is 0.122. The van der Waals surface area contributed by atoms with E-state index in [0.29, 0.717) is 29.8 Å². The highest BCUT2D eigenvalue weighted by Gasteiger charge is 2.10. The first-order valence-corrected chi connectivity index (χ1v) is 6.72. The van der Waals surface area contributed by atoms with Gasteiger partial charge in [-0.1, -0.05) is 11.6 Å². The Kier molecular flexibility index (Phi) is 6.35. The smallest absolute Gasteiger partial charge is 0.224 e. The molecule has 0 radical (unpaired) electrons. The topological polar surface area (TPSA) is 70.2 Å². The number of nitrogens with one attached hydrogen (secondary N) is 2. The van der Waals surface area contributed by atoms with Crippen LogP contribution in [0.3, 0.4) is 0 Å². The van der Waals surface area contributed by atoms with E-state index in [0.717, 1.165) is 13.1 Å². The third-order valence-electron chi connectivity index (χ3n) is 2.72. The molecule has 0 saturated carbocycles. The normalized spacial score (nSPS) is 10.1. The lowest BCUT2D eigenvalue weighted by molar-refractivity contribution is -0.130. The van der Waals surface area contributed by atoms with E-state index in [1.807, 2.05) is 13.8 Å².